The zero-order valence-electron chi connectivity index (χ0n) is 24.0. The van der Waals surface area contributed by atoms with Crippen LogP contribution >= 0.6 is 11.8 Å². The summed E-state index contributed by atoms with van der Waals surface area (Å²) in [6, 6.07) is 14.3. The van der Waals surface area contributed by atoms with Gasteiger partial charge in [-0.15, -0.1) is 11.8 Å². The van der Waals surface area contributed by atoms with Crippen LogP contribution in [-0.4, -0.2) is 56.4 Å². The predicted molar refractivity (Wildman–Crippen MR) is 159 cm³/mol. The Bertz CT molecular complexity index is 1270. The Labute approximate surface area is 241 Å². The Morgan fingerprint density at radius 2 is 1.77 bits per heavy atom. The molecule has 214 valence electrons. The van der Waals surface area contributed by atoms with Gasteiger partial charge >= 0.3 is 0 Å². The highest BCUT2D eigenvalue weighted by atomic mass is 32.2. The summed E-state index contributed by atoms with van der Waals surface area (Å²) in [5.74, 6) is -1.63. The number of anilines is 1. The molecule has 3 amide bonds. The number of likely N-dealkylation sites (tertiary alicyclic amines) is 1. The number of nitrogens with zero attached hydrogens (tertiary/aromatic N) is 1. The summed E-state index contributed by atoms with van der Waals surface area (Å²) in [7, 11) is 0. The molecule has 3 aliphatic heterocycles. The third-order valence-electron chi connectivity index (χ3n) is 9.62. The van der Waals surface area contributed by atoms with Gasteiger partial charge in [-0.25, -0.2) is 0 Å². The van der Waals surface area contributed by atoms with Gasteiger partial charge in [0.1, 0.15) is 6.04 Å². The summed E-state index contributed by atoms with van der Waals surface area (Å²) < 4.78 is -0.738. The van der Waals surface area contributed by atoms with Crippen LogP contribution in [0.4, 0.5) is 5.69 Å². The second-order valence-corrected chi connectivity index (χ2v) is 13.4. The van der Waals surface area contributed by atoms with Crippen molar-refractivity contribution in [2.75, 3.05) is 11.9 Å². The van der Waals surface area contributed by atoms with E-state index in [0.717, 1.165) is 35.2 Å². The van der Waals surface area contributed by atoms with Crippen LogP contribution in [0.1, 0.15) is 50.3 Å². The average molecular weight is 564 g/mol. The van der Waals surface area contributed by atoms with Crippen molar-refractivity contribution in [3.05, 3.63) is 65.2 Å². The van der Waals surface area contributed by atoms with Crippen LogP contribution in [0.3, 0.4) is 0 Å². The minimum Gasteiger partial charge on any atom is -0.394 e. The van der Waals surface area contributed by atoms with Crippen molar-refractivity contribution < 1.29 is 19.5 Å². The number of nitrogens with one attached hydrogen (secondary N) is 2. The van der Waals surface area contributed by atoms with E-state index in [1.54, 1.807) is 16.7 Å². The number of rotatable bonds is 9. The molecule has 40 heavy (non-hydrogen) atoms. The molecule has 2 aromatic carbocycles. The maximum atomic E-state index is 14.5. The van der Waals surface area contributed by atoms with Crippen LogP contribution in [0.2, 0.25) is 0 Å². The van der Waals surface area contributed by atoms with Crippen molar-refractivity contribution in [2.45, 2.75) is 76.1 Å². The fourth-order valence-electron chi connectivity index (χ4n) is 7.34. The minimum absolute atomic E-state index is 0.0115. The molecular weight excluding hydrogens is 522 g/mol. The predicted octanol–water partition coefficient (Wildman–Crippen LogP) is 4.30. The number of hydrogen-bond acceptors (Lipinski definition) is 5. The molecule has 0 aromatic heterocycles. The lowest BCUT2D eigenvalue weighted by molar-refractivity contribution is -0.143. The van der Waals surface area contributed by atoms with E-state index in [1.165, 1.54) is 0 Å². The van der Waals surface area contributed by atoms with E-state index in [0.29, 0.717) is 6.54 Å². The molecule has 3 aliphatic rings. The topological polar surface area (TPSA) is 98.7 Å². The summed E-state index contributed by atoms with van der Waals surface area (Å²) in [4.78, 5) is 44.3. The number of carbonyl (C=O) groups excluding carboxylic acids is 3. The number of amides is 3. The first-order valence-electron chi connectivity index (χ1n) is 14.4. The fraction of sp³-hybridized carbons (Fsp3) is 0.531. The zero-order valence-corrected chi connectivity index (χ0v) is 24.8. The van der Waals surface area contributed by atoms with Crippen LogP contribution < -0.4 is 10.6 Å². The minimum atomic E-state index is -0.785. The van der Waals surface area contributed by atoms with E-state index in [4.69, 9.17) is 0 Å². The largest absolute Gasteiger partial charge is 0.394 e. The van der Waals surface area contributed by atoms with Gasteiger partial charge in [0.05, 0.1) is 29.2 Å². The normalized spacial score (nSPS) is 30.2. The second-order valence-electron chi connectivity index (χ2n) is 11.9. The number of thioether (sulfide) groups is 1. The Hall–Kier alpha value is -2.84. The standard InChI is InChI=1S/C32H41N3O4S/c1-6-18(2)23(17-36)35-28(30(38)34-27-19(3)11-10-12-20(27)4)32-21(5)15-24(40-32)25(26(32)31(35)39)29(37)33-16-22-13-8-7-9-14-22/h7-14,18,21,23-26,28,36H,6,15-17H2,1-5H3,(H,33,37)(H,34,38)/t18-,21?,23-,24-,25+,26-,28?,32?/m0/s1. The number of carbonyl (C=O) groups is 3. The molecule has 3 unspecified atom stereocenters. The molecule has 2 bridgehead atoms. The fourth-order valence-corrected chi connectivity index (χ4v) is 9.75. The average Bonchev–Trinajstić information content (AvgIpc) is 3.54. The van der Waals surface area contributed by atoms with Crippen molar-refractivity contribution in [1.29, 1.82) is 0 Å². The molecule has 3 fully saturated rings. The lowest BCUT2D eigenvalue weighted by atomic mass is 9.65. The number of aryl methyl sites for hydroxylation is 2. The Morgan fingerprint density at radius 3 is 2.40 bits per heavy atom. The summed E-state index contributed by atoms with van der Waals surface area (Å²) in [6.45, 7) is 10.2. The third-order valence-corrected chi connectivity index (χ3v) is 11.7. The first-order chi connectivity index (χ1) is 19.1. The number of para-hydroxylation sites is 1. The van der Waals surface area contributed by atoms with Gasteiger partial charge in [-0.3, -0.25) is 14.4 Å². The van der Waals surface area contributed by atoms with E-state index in [9.17, 15) is 19.5 Å². The zero-order chi connectivity index (χ0) is 28.8. The maximum Gasteiger partial charge on any atom is 0.248 e. The van der Waals surface area contributed by atoms with Crippen molar-refractivity contribution in [3.8, 4) is 0 Å². The summed E-state index contributed by atoms with van der Waals surface area (Å²) >= 11 is 1.66. The van der Waals surface area contributed by atoms with E-state index in [1.807, 2.05) is 76.2 Å². The van der Waals surface area contributed by atoms with Gasteiger partial charge in [-0.05, 0) is 48.8 Å². The number of benzene rings is 2. The number of fused-ring (bicyclic) bond motifs is 1. The van der Waals surface area contributed by atoms with Crippen molar-refractivity contribution in [2.24, 2.45) is 23.7 Å². The van der Waals surface area contributed by atoms with Crippen LogP contribution in [0.15, 0.2) is 48.5 Å². The molecule has 8 heteroatoms. The van der Waals surface area contributed by atoms with Gasteiger partial charge in [0.25, 0.3) is 0 Å². The summed E-state index contributed by atoms with van der Waals surface area (Å²) in [5.41, 5.74) is 3.66. The molecule has 7 nitrogen and oxygen atoms in total. The molecule has 3 saturated heterocycles. The molecule has 1 spiro atoms. The number of hydrogen-bond donors (Lipinski definition) is 3. The lowest BCUT2D eigenvalue weighted by Crippen LogP contribution is -2.58. The highest BCUT2D eigenvalue weighted by molar-refractivity contribution is 8.02. The molecule has 2 aromatic rings. The van der Waals surface area contributed by atoms with Gasteiger partial charge in [0.15, 0.2) is 0 Å². The molecule has 3 N–H and O–H groups in total. The Morgan fingerprint density at radius 1 is 1.10 bits per heavy atom. The van der Waals surface area contributed by atoms with E-state index >= 15 is 0 Å². The molecule has 5 rings (SSSR count). The maximum absolute atomic E-state index is 14.5. The molecule has 0 aliphatic carbocycles. The van der Waals surface area contributed by atoms with Crippen LogP contribution in [0.5, 0.6) is 0 Å². The monoisotopic (exact) mass is 563 g/mol. The summed E-state index contributed by atoms with van der Waals surface area (Å²) in [6.07, 6.45) is 1.52. The second kappa shape index (κ2) is 11.2. The first-order valence-corrected chi connectivity index (χ1v) is 15.3. The SMILES string of the molecule is CC[C@H](C)[C@H](CO)N1C(=O)[C@@H]2[C@H](C(=O)NCc3ccccc3)[C@@H]3CC(C)C2(S3)C1C(=O)Nc1c(C)cccc1C. The smallest absolute Gasteiger partial charge is 0.248 e. The number of aliphatic hydroxyl groups excluding tert-OH is 1. The van der Waals surface area contributed by atoms with E-state index in [2.05, 4.69) is 17.6 Å². The molecule has 3 heterocycles. The van der Waals surface area contributed by atoms with E-state index < -0.39 is 28.7 Å². The Kier molecular flexibility index (Phi) is 8.03. The van der Waals surface area contributed by atoms with Crippen molar-refractivity contribution in [3.63, 3.8) is 0 Å². The van der Waals surface area contributed by atoms with Crippen molar-refractivity contribution >= 4 is 35.2 Å². The molecular formula is C32H41N3O4S. The highest BCUT2D eigenvalue weighted by Gasteiger charge is 2.76. The van der Waals surface area contributed by atoms with Crippen LogP contribution in [0, 0.1) is 37.5 Å². The first kappa shape index (κ1) is 28.7. The van der Waals surface area contributed by atoms with Gasteiger partial charge in [-0.1, -0.05) is 75.7 Å². The van der Waals surface area contributed by atoms with Gasteiger partial charge in [-0.2, -0.15) is 0 Å². The summed E-state index contributed by atoms with van der Waals surface area (Å²) in [5, 5.41) is 16.8. The Balaban J connectivity index is 1.53. The molecule has 0 radical (unpaired) electrons. The quantitative estimate of drug-likeness (QED) is 0.423. The molecule has 0 saturated carbocycles. The van der Waals surface area contributed by atoms with Crippen molar-refractivity contribution in [1.82, 2.24) is 10.2 Å². The highest BCUT2D eigenvalue weighted by Crippen LogP contribution is 2.69. The van der Waals surface area contributed by atoms with Crippen LogP contribution in [-0.2, 0) is 20.9 Å². The van der Waals surface area contributed by atoms with Gasteiger partial charge in [0.2, 0.25) is 17.7 Å². The van der Waals surface area contributed by atoms with Crippen LogP contribution in [0.25, 0.3) is 0 Å². The van der Waals surface area contributed by atoms with E-state index in [-0.39, 0.29) is 41.4 Å². The molecule has 8 atom stereocenters. The lowest BCUT2D eigenvalue weighted by Gasteiger charge is -2.41. The van der Waals surface area contributed by atoms with Gasteiger partial charge < -0.3 is 20.6 Å². The van der Waals surface area contributed by atoms with Gasteiger partial charge in [0, 0.05) is 17.5 Å². The third kappa shape index (κ3) is 4.53. The number of aliphatic hydroxyl groups is 1.